The second-order valence-corrected chi connectivity index (χ2v) is 5.57. The number of nitrogens with two attached hydrogens (primary N) is 1. The van der Waals surface area contributed by atoms with Crippen molar-refractivity contribution in [3.63, 3.8) is 0 Å². The number of anilines is 1. The number of halogens is 1. The molecule has 0 saturated carbocycles. The number of benzene rings is 1. The van der Waals surface area contributed by atoms with E-state index in [2.05, 4.69) is 33.2 Å². The van der Waals surface area contributed by atoms with E-state index in [-0.39, 0.29) is 0 Å². The van der Waals surface area contributed by atoms with Gasteiger partial charge in [-0.15, -0.1) is 0 Å². The minimum atomic E-state index is 0.387. The predicted molar refractivity (Wildman–Crippen MR) is 86.3 cm³/mol. The zero-order valence-electron chi connectivity index (χ0n) is 10.5. The van der Waals surface area contributed by atoms with Gasteiger partial charge >= 0.3 is 0 Å². The molecular weight excluding hydrogens is 322 g/mol. The fourth-order valence-electron chi connectivity index (χ4n) is 1.75. The van der Waals surface area contributed by atoms with Gasteiger partial charge in [-0.2, -0.15) is 0 Å². The highest BCUT2D eigenvalue weighted by molar-refractivity contribution is 9.10. The molecule has 2 aromatic rings. The molecule has 1 aromatic heterocycles. The van der Waals surface area contributed by atoms with Crippen LogP contribution in [0, 0.1) is 6.92 Å². The second-order valence-electron chi connectivity index (χ2n) is 4.21. The molecule has 5 heteroatoms. The van der Waals surface area contributed by atoms with Crippen LogP contribution in [0.1, 0.15) is 16.7 Å². The Hall–Kier alpha value is -1.46. The van der Waals surface area contributed by atoms with Crippen LogP contribution in [0.5, 0.6) is 0 Å². The summed E-state index contributed by atoms with van der Waals surface area (Å²) < 4.78 is 0.984. The third-order valence-corrected chi connectivity index (χ3v) is 3.58. The minimum absolute atomic E-state index is 0.387. The molecule has 3 nitrogen and oxygen atoms in total. The van der Waals surface area contributed by atoms with E-state index < -0.39 is 0 Å². The summed E-state index contributed by atoms with van der Waals surface area (Å²) in [7, 11) is 0. The first-order chi connectivity index (χ1) is 9.08. The van der Waals surface area contributed by atoms with E-state index in [0.717, 1.165) is 21.3 Å². The molecule has 1 heterocycles. The lowest BCUT2D eigenvalue weighted by atomic mass is 10.1. The Kier molecular flexibility index (Phi) is 4.50. The number of aryl methyl sites for hydroxylation is 1. The van der Waals surface area contributed by atoms with Gasteiger partial charge in [0, 0.05) is 34.7 Å². The largest absolute Gasteiger partial charge is 0.389 e. The van der Waals surface area contributed by atoms with Crippen molar-refractivity contribution in [3.8, 4) is 0 Å². The number of nitrogens with one attached hydrogen (secondary N) is 1. The maximum Gasteiger partial charge on any atom is 0.106 e. The molecule has 2 rings (SSSR count). The van der Waals surface area contributed by atoms with Gasteiger partial charge in [0.15, 0.2) is 0 Å². The number of hydrogen-bond acceptors (Lipinski definition) is 3. The van der Waals surface area contributed by atoms with Crippen LogP contribution in [0.4, 0.5) is 5.69 Å². The second kappa shape index (κ2) is 6.12. The van der Waals surface area contributed by atoms with Crippen molar-refractivity contribution in [2.45, 2.75) is 13.5 Å². The molecule has 19 heavy (non-hydrogen) atoms. The van der Waals surface area contributed by atoms with E-state index in [9.17, 15) is 0 Å². The van der Waals surface area contributed by atoms with Crippen LogP contribution < -0.4 is 11.1 Å². The lowest BCUT2D eigenvalue weighted by Crippen LogP contribution is -2.13. The van der Waals surface area contributed by atoms with E-state index in [4.69, 9.17) is 18.0 Å². The summed E-state index contributed by atoms with van der Waals surface area (Å²) in [6, 6.07) is 7.80. The number of rotatable bonds is 4. The van der Waals surface area contributed by atoms with Gasteiger partial charge in [0.05, 0.1) is 0 Å². The summed E-state index contributed by atoms with van der Waals surface area (Å²) in [5.41, 5.74) is 9.85. The van der Waals surface area contributed by atoms with Crippen LogP contribution in [0.25, 0.3) is 0 Å². The topological polar surface area (TPSA) is 50.9 Å². The fraction of sp³-hybridized carbons (Fsp3) is 0.143. The van der Waals surface area contributed by atoms with Crippen LogP contribution >= 0.6 is 28.1 Å². The molecule has 0 bridgehead atoms. The fourth-order valence-corrected chi connectivity index (χ4v) is 2.29. The first kappa shape index (κ1) is 14.0. The van der Waals surface area contributed by atoms with Crippen LogP contribution in [0.2, 0.25) is 0 Å². The zero-order valence-corrected chi connectivity index (χ0v) is 12.9. The molecule has 0 fully saturated rings. The highest BCUT2D eigenvalue weighted by Gasteiger charge is 2.06. The van der Waals surface area contributed by atoms with Gasteiger partial charge in [-0.05, 0) is 42.3 Å². The van der Waals surface area contributed by atoms with Crippen molar-refractivity contribution >= 4 is 38.8 Å². The van der Waals surface area contributed by atoms with Crippen molar-refractivity contribution in [3.05, 3.63) is 57.8 Å². The van der Waals surface area contributed by atoms with E-state index in [1.807, 2.05) is 30.5 Å². The van der Waals surface area contributed by atoms with Crippen LogP contribution in [0.15, 0.2) is 41.1 Å². The molecule has 0 radical (unpaired) electrons. The van der Waals surface area contributed by atoms with Gasteiger partial charge in [0.1, 0.15) is 4.99 Å². The normalized spacial score (nSPS) is 10.2. The van der Waals surface area contributed by atoms with E-state index in [1.165, 1.54) is 5.56 Å². The Bertz CT molecular complexity index is 613. The Labute approximate surface area is 126 Å². The molecule has 0 unspecified atom stereocenters. The summed E-state index contributed by atoms with van der Waals surface area (Å²) in [6.45, 7) is 2.75. The molecule has 0 amide bonds. The number of thiocarbonyl (C=S) groups is 1. The molecule has 0 atom stereocenters. The minimum Gasteiger partial charge on any atom is -0.389 e. The van der Waals surface area contributed by atoms with Gasteiger partial charge < -0.3 is 11.1 Å². The van der Waals surface area contributed by atoms with E-state index >= 15 is 0 Å². The van der Waals surface area contributed by atoms with Crippen molar-refractivity contribution in [1.82, 2.24) is 4.98 Å². The Morgan fingerprint density at radius 3 is 2.89 bits per heavy atom. The summed E-state index contributed by atoms with van der Waals surface area (Å²) in [5, 5.41) is 3.36. The summed E-state index contributed by atoms with van der Waals surface area (Å²) >= 11 is 8.51. The smallest absolute Gasteiger partial charge is 0.106 e. The van der Waals surface area contributed by atoms with Crippen molar-refractivity contribution in [2.75, 3.05) is 5.32 Å². The van der Waals surface area contributed by atoms with Gasteiger partial charge in [-0.25, -0.2) is 0 Å². The zero-order chi connectivity index (χ0) is 13.8. The molecule has 98 valence electrons. The molecule has 0 aliphatic heterocycles. The van der Waals surface area contributed by atoms with Crippen molar-refractivity contribution in [2.24, 2.45) is 5.73 Å². The van der Waals surface area contributed by atoms with E-state index in [1.54, 1.807) is 6.20 Å². The third kappa shape index (κ3) is 3.52. The Morgan fingerprint density at radius 2 is 2.21 bits per heavy atom. The SMILES string of the molecule is Cc1ccncc1CNc1cc(Br)ccc1C(N)=S. The van der Waals surface area contributed by atoms with Crippen LogP contribution in [-0.2, 0) is 6.54 Å². The predicted octanol–water partition coefficient (Wildman–Crippen LogP) is 3.40. The Morgan fingerprint density at radius 1 is 1.42 bits per heavy atom. The average Bonchev–Trinajstić information content (AvgIpc) is 2.37. The lowest BCUT2D eigenvalue weighted by molar-refractivity contribution is 1.08. The molecule has 3 N–H and O–H groups in total. The van der Waals surface area contributed by atoms with Gasteiger partial charge in [-0.1, -0.05) is 28.1 Å². The average molecular weight is 336 g/mol. The standard InChI is InChI=1S/C14H14BrN3S/c1-9-4-5-17-7-10(9)8-18-13-6-11(15)2-3-12(13)14(16)19/h2-7,18H,8H2,1H3,(H2,16,19). The molecule has 0 spiro atoms. The molecular formula is C14H14BrN3S. The van der Waals surface area contributed by atoms with Gasteiger partial charge in [0.2, 0.25) is 0 Å². The number of nitrogens with zero attached hydrogens (tertiary/aromatic N) is 1. The first-order valence-electron chi connectivity index (χ1n) is 5.80. The van der Waals surface area contributed by atoms with Gasteiger partial charge in [0.25, 0.3) is 0 Å². The maximum absolute atomic E-state index is 5.73. The lowest BCUT2D eigenvalue weighted by Gasteiger charge is -2.12. The summed E-state index contributed by atoms with van der Waals surface area (Å²) in [4.78, 5) is 4.52. The maximum atomic E-state index is 5.73. The van der Waals surface area contributed by atoms with Crippen LogP contribution in [0.3, 0.4) is 0 Å². The van der Waals surface area contributed by atoms with Gasteiger partial charge in [-0.3, -0.25) is 4.98 Å². The third-order valence-electron chi connectivity index (χ3n) is 2.86. The highest BCUT2D eigenvalue weighted by atomic mass is 79.9. The Balaban J connectivity index is 2.22. The van der Waals surface area contributed by atoms with Crippen LogP contribution in [-0.4, -0.2) is 9.97 Å². The number of aromatic nitrogens is 1. The summed E-state index contributed by atoms with van der Waals surface area (Å²) in [6.07, 6.45) is 3.65. The highest BCUT2D eigenvalue weighted by Crippen LogP contribution is 2.22. The first-order valence-corrected chi connectivity index (χ1v) is 7.01. The van der Waals surface area contributed by atoms with E-state index in [0.29, 0.717) is 11.5 Å². The summed E-state index contributed by atoms with van der Waals surface area (Å²) in [5.74, 6) is 0. The molecule has 0 aliphatic carbocycles. The van der Waals surface area contributed by atoms with Crippen molar-refractivity contribution < 1.29 is 0 Å². The van der Waals surface area contributed by atoms with Crippen molar-refractivity contribution in [1.29, 1.82) is 0 Å². The molecule has 1 aromatic carbocycles. The molecule has 0 aliphatic rings. The quantitative estimate of drug-likeness (QED) is 0.841. The monoisotopic (exact) mass is 335 g/mol. The number of hydrogen-bond donors (Lipinski definition) is 2. The number of pyridine rings is 1. The molecule has 0 saturated heterocycles.